The van der Waals surface area contributed by atoms with Gasteiger partial charge < -0.3 is 5.11 Å². The van der Waals surface area contributed by atoms with Gasteiger partial charge in [0.2, 0.25) is 0 Å². The van der Waals surface area contributed by atoms with Crippen LogP contribution < -0.4 is 0 Å². The molecule has 2 unspecified atom stereocenters. The van der Waals surface area contributed by atoms with E-state index in [-0.39, 0.29) is 6.04 Å². The van der Waals surface area contributed by atoms with Crippen LogP contribution in [-0.2, 0) is 0 Å². The summed E-state index contributed by atoms with van der Waals surface area (Å²) in [5, 5.41) is 19.1. The van der Waals surface area contributed by atoms with E-state index >= 15 is 0 Å². The molecule has 0 amide bonds. The second-order valence-corrected chi connectivity index (χ2v) is 5.22. The minimum Gasteiger partial charge on any atom is -0.389 e. The van der Waals surface area contributed by atoms with Crippen molar-refractivity contribution in [3.05, 3.63) is 0 Å². The summed E-state index contributed by atoms with van der Waals surface area (Å²) >= 11 is 0. The third-order valence-corrected chi connectivity index (χ3v) is 3.71. The summed E-state index contributed by atoms with van der Waals surface area (Å²) < 4.78 is 0. The van der Waals surface area contributed by atoms with Gasteiger partial charge in [0.1, 0.15) is 0 Å². The van der Waals surface area contributed by atoms with Gasteiger partial charge in [-0.2, -0.15) is 5.26 Å². The van der Waals surface area contributed by atoms with Crippen molar-refractivity contribution in [2.45, 2.75) is 45.3 Å². The lowest BCUT2D eigenvalue weighted by Crippen LogP contribution is -2.53. The lowest BCUT2D eigenvalue weighted by molar-refractivity contribution is -0.00120. The molecule has 0 aromatic rings. The average Bonchev–Trinajstić information content (AvgIpc) is 2.32. The molecule has 1 N–H and O–H groups in total. The van der Waals surface area contributed by atoms with Crippen molar-refractivity contribution in [1.29, 1.82) is 5.26 Å². The van der Waals surface area contributed by atoms with E-state index in [4.69, 9.17) is 5.26 Å². The summed E-state index contributed by atoms with van der Waals surface area (Å²) in [6, 6.07) is 2.41. The Morgan fingerprint density at radius 3 is 2.29 bits per heavy atom. The number of nitrogens with zero attached hydrogens (tertiary/aromatic N) is 3. The number of rotatable bonds is 5. The van der Waals surface area contributed by atoms with Gasteiger partial charge in [-0.05, 0) is 19.8 Å². The lowest BCUT2D eigenvalue weighted by Gasteiger charge is -2.39. The van der Waals surface area contributed by atoms with E-state index in [9.17, 15) is 5.11 Å². The zero-order valence-electron chi connectivity index (χ0n) is 11.3. The van der Waals surface area contributed by atoms with Crippen LogP contribution in [0.4, 0.5) is 0 Å². The highest BCUT2D eigenvalue weighted by Crippen LogP contribution is 2.14. The molecule has 1 aliphatic heterocycles. The van der Waals surface area contributed by atoms with E-state index in [0.717, 1.165) is 45.6 Å². The first-order valence-corrected chi connectivity index (χ1v) is 6.60. The van der Waals surface area contributed by atoms with E-state index in [0.29, 0.717) is 0 Å². The molecule has 1 fully saturated rings. The molecule has 0 bridgehead atoms. The molecule has 0 aromatic carbocycles. The van der Waals surface area contributed by atoms with Crippen LogP contribution >= 0.6 is 0 Å². The molecule has 1 heterocycles. The fraction of sp³-hybridized carbons (Fsp3) is 0.923. The summed E-state index contributed by atoms with van der Waals surface area (Å²) in [5.41, 5.74) is -0.582. The molecule has 2 atom stereocenters. The van der Waals surface area contributed by atoms with Crippen molar-refractivity contribution in [2.24, 2.45) is 0 Å². The van der Waals surface area contributed by atoms with Gasteiger partial charge in [0.15, 0.2) is 0 Å². The normalized spacial score (nSPS) is 23.9. The topological polar surface area (TPSA) is 50.5 Å². The Labute approximate surface area is 105 Å². The summed E-state index contributed by atoms with van der Waals surface area (Å²) in [7, 11) is 0. The fourth-order valence-corrected chi connectivity index (χ4v) is 2.26. The Morgan fingerprint density at radius 2 is 1.88 bits per heavy atom. The van der Waals surface area contributed by atoms with Crippen molar-refractivity contribution in [1.82, 2.24) is 9.80 Å². The van der Waals surface area contributed by atoms with Crippen LogP contribution in [0.1, 0.15) is 33.6 Å². The Balaban J connectivity index is 2.39. The standard InChI is InChI=1S/C13H25N3O/c1-4-12(10-14)16-8-6-15(7-9-16)11-13(3,17)5-2/h12,17H,4-9,11H2,1-3H3. The predicted octanol–water partition coefficient (Wildman–Crippen LogP) is 1.07. The first kappa shape index (κ1) is 14.4. The Morgan fingerprint density at radius 1 is 1.29 bits per heavy atom. The Kier molecular flexibility index (Phi) is 5.38. The monoisotopic (exact) mass is 239 g/mol. The molecular formula is C13H25N3O. The van der Waals surface area contributed by atoms with Crippen LogP contribution in [0.2, 0.25) is 0 Å². The summed E-state index contributed by atoms with van der Waals surface area (Å²) in [6.07, 6.45) is 1.67. The van der Waals surface area contributed by atoms with Crippen LogP contribution in [0.5, 0.6) is 0 Å². The largest absolute Gasteiger partial charge is 0.389 e. The predicted molar refractivity (Wildman–Crippen MR) is 68.6 cm³/mol. The highest BCUT2D eigenvalue weighted by Gasteiger charge is 2.27. The first-order chi connectivity index (χ1) is 8.02. The third-order valence-electron chi connectivity index (χ3n) is 3.71. The number of β-amino-alcohol motifs (C(OH)–C–C–N with tert-alkyl or cyclic N) is 1. The second kappa shape index (κ2) is 6.34. The van der Waals surface area contributed by atoms with E-state index in [1.165, 1.54) is 0 Å². The molecule has 1 aliphatic rings. The molecule has 4 nitrogen and oxygen atoms in total. The summed E-state index contributed by atoms with van der Waals surface area (Å²) in [5.74, 6) is 0. The lowest BCUT2D eigenvalue weighted by atomic mass is 10.0. The van der Waals surface area contributed by atoms with Gasteiger partial charge in [-0.3, -0.25) is 9.80 Å². The Bertz CT molecular complexity index is 264. The molecule has 0 spiro atoms. The number of piperazine rings is 1. The molecule has 17 heavy (non-hydrogen) atoms. The third kappa shape index (κ3) is 4.27. The van der Waals surface area contributed by atoms with Crippen molar-refractivity contribution < 1.29 is 5.11 Å². The molecule has 1 rings (SSSR count). The van der Waals surface area contributed by atoms with Crippen molar-refractivity contribution in [3.8, 4) is 6.07 Å². The van der Waals surface area contributed by atoms with Crippen molar-refractivity contribution >= 4 is 0 Å². The molecule has 0 saturated carbocycles. The van der Waals surface area contributed by atoms with Crippen LogP contribution in [0.25, 0.3) is 0 Å². The van der Waals surface area contributed by atoms with Gasteiger partial charge in [0.25, 0.3) is 0 Å². The van der Waals surface area contributed by atoms with E-state index in [1.807, 2.05) is 13.8 Å². The maximum absolute atomic E-state index is 10.0. The van der Waals surface area contributed by atoms with Crippen LogP contribution in [-0.4, -0.2) is 59.3 Å². The van der Waals surface area contributed by atoms with Gasteiger partial charge >= 0.3 is 0 Å². The zero-order valence-corrected chi connectivity index (χ0v) is 11.3. The Hall–Kier alpha value is -0.630. The van der Waals surface area contributed by atoms with Crippen LogP contribution in [0.3, 0.4) is 0 Å². The fourth-order valence-electron chi connectivity index (χ4n) is 2.26. The van der Waals surface area contributed by atoms with Gasteiger partial charge in [-0.1, -0.05) is 13.8 Å². The first-order valence-electron chi connectivity index (χ1n) is 6.60. The number of hydrogen-bond donors (Lipinski definition) is 1. The second-order valence-electron chi connectivity index (χ2n) is 5.22. The van der Waals surface area contributed by atoms with Gasteiger partial charge in [0.05, 0.1) is 17.7 Å². The van der Waals surface area contributed by atoms with Gasteiger partial charge in [-0.15, -0.1) is 0 Å². The summed E-state index contributed by atoms with van der Waals surface area (Å²) in [6.45, 7) is 10.5. The van der Waals surface area contributed by atoms with Crippen molar-refractivity contribution in [2.75, 3.05) is 32.7 Å². The minimum atomic E-state index is -0.582. The van der Waals surface area contributed by atoms with Crippen molar-refractivity contribution in [3.63, 3.8) is 0 Å². The minimum absolute atomic E-state index is 0.0591. The maximum atomic E-state index is 10.0. The van der Waals surface area contributed by atoms with E-state index < -0.39 is 5.60 Å². The maximum Gasteiger partial charge on any atom is 0.0976 e. The quantitative estimate of drug-likeness (QED) is 0.779. The van der Waals surface area contributed by atoms with Gasteiger partial charge in [0, 0.05) is 32.7 Å². The van der Waals surface area contributed by atoms with Crippen LogP contribution in [0.15, 0.2) is 0 Å². The zero-order chi connectivity index (χ0) is 12.9. The number of hydrogen-bond acceptors (Lipinski definition) is 4. The molecule has 0 aromatic heterocycles. The molecular weight excluding hydrogens is 214 g/mol. The molecule has 98 valence electrons. The molecule has 0 aliphatic carbocycles. The molecule has 1 saturated heterocycles. The van der Waals surface area contributed by atoms with Crippen LogP contribution in [0, 0.1) is 11.3 Å². The number of aliphatic hydroxyl groups is 1. The van der Waals surface area contributed by atoms with E-state index in [2.05, 4.69) is 22.8 Å². The molecule has 0 radical (unpaired) electrons. The SMILES string of the molecule is CCC(C#N)N1CCN(CC(C)(O)CC)CC1. The highest BCUT2D eigenvalue weighted by atomic mass is 16.3. The highest BCUT2D eigenvalue weighted by molar-refractivity contribution is 4.93. The average molecular weight is 239 g/mol. The summed E-state index contributed by atoms with van der Waals surface area (Å²) in [4.78, 5) is 4.54. The smallest absolute Gasteiger partial charge is 0.0976 e. The molecule has 4 heteroatoms. The number of nitriles is 1. The van der Waals surface area contributed by atoms with E-state index in [1.54, 1.807) is 0 Å². The van der Waals surface area contributed by atoms with Gasteiger partial charge in [-0.25, -0.2) is 0 Å².